The Kier molecular flexibility index (Phi) is 12.2. The molecule has 1 saturated heterocycles. The van der Waals surface area contributed by atoms with Crippen molar-refractivity contribution in [3.8, 4) is 5.88 Å². The Labute approximate surface area is 251 Å². The second-order valence-corrected chi connectivity index (χ2v) is 10.2. The third-order valence-corrected chi connectivity index (χ3v) is 7.11. The maximum atomic E-state index is 9.55. The standard InChI is InChI=1S/C28H34N6O.C4H4O4/c1(2-10-22-35-27-16-15-26-29-23-30-34(26)31-27)9-17-32-18-20-33(21-19-32)28(24-11-5-3-6-12-24)25-13-7-4-8-14-25;5-3(6)1-2-4(7)8/h3-8,11-16,23,28H,1-2,9-10,17-22H2;1-2H,(H,5,6)(H,7,8). The molecule has 0 radical (unpaired) electrons. The minimum atomic E-state index is -1.26. The fraction of sp³-hybridized carbons (Fsp3) is 0.344. The molecule has 226 valence electrons. The number of carbonyl (C=O) groups is 2. The molecule has 0 bridgehead atoms. The van der Waals surface area contributed by atoms with Crippen LogP contribution in [-0.2, 0) is 9.59 Å². The highest BCUT2D eigenvalue weighted by Gasteiger charge is 2.26. The number of carboxylic acid groups (broad SMARTS) is 2. The molecular formula is C32H38N6O5. The van der Waals surface area contributed by atoms with Crippen molar-refractivity contribution in [3.05, 3.63) is 102 Å². The summed E-state index contributed by atoms with van der Waals surface area (Å²) in [6.45, 7) is 6.34. The summed E-state index contributed by atoms with van der Waals surface area (Å²) < 4.78 is 7.27. The summed E-state index contributed by atoms with van der Waals surface area (Å²) in [6.07, 6.45) is 7.30. The van der Waals surface area contributed by atoms with E-state index in [-0.39, 0.29) is 0 Å². The van der Waals surface area contributed by atoms with Crippen molar-refractivity contribution in [1.82, 2.24) is 29.6 Å². The van der Waals surface area contributed by atoms with Crippen molar-refractivity contribution in [2.24, 2.45) is 0 Å². The van der Waals surface area contributed by atoms with E-state index < -0.39 is 11.9 Å². The number of hydrogen-bond acceptors (Lipinski definition) is 8. The molecule has 4 aromatic rings. The van der Waals surface area contributed by atoms with Gasteiger partial charge in [-0.25, -0.2) is 14.6 Å². The van der Waals surface area contributed by atoms with E-state index in [9.17, 15) is 9.59 Å². The summed E-state index contributed by atoms with van der Waals surface area (Å²) in [4.78, 5) is 28.5. The first-order valence-corrected chi connectivity index (χ1v) is 14.5. The van der Waals surface area contributed by atoms with Crippen molar-refractivity contribution in [2.75, 3.05) is 39.3 Å². The molecule has 1 aliphatic rings. The topological polar surface area (TPSA) is 133 Å². The molecule has 0 spiro atoms. The first kappa shape index (κ1) is 31.3. The number of carboxylic acids is 2. The van der Waals surface area contributed by atoms with Crippen LogP contribution >= 0.6 is 0 Å². The number of fused-ring (bicyclic) bond motifs is 1. The van der Waals surface area contributed by atoms with Gasteiger partial charge in [-0.3, -0.25) is 4.90 Å². The normalized spacial score (nSPS) is 14.1. The lowest BCUT2D eigenvalue weighted by molar-refractivity contribution is -0.134. The molecule has 3 heterocycles. The van der Waals surface area contributed by atoms with E-state index >= 15 is 0 Å². The lowest BCUT2D eigenvalue weighted by Crippen LogP contribution is -2.48. The van der Waals surface area contributed by atoms with Gasteiger partial charge in [-0.15, -0.1) is 14.8 Å². The van der Waals surface area contributed by atoms with Gasteiger partial charge in [-0.05, 0) is 36.6 Å². The first-order chi connectivity index (χ1) is 21.0. The quantitative estimate of drug-likeness (QED) is 0.174. The summed E-state index contributed by atoms with van der Waals surface area (Å²) >= 11 is 0. The van der Waals surface area contributed by atoms with Gasteiger partial charge in [0.1, 0.15) is 6.33 Å². The van der Waals surface area contributed by atoms with Crippen LogP contribution in [0.4, 0.5) is 0 Å². The highest BCUT2D eigenvalue weighted by atomic mass is 16.5. The van der Waals surface area contributed by atoms with Crippen molar-refractivity contribution >= 4 is 17.6 Å². The second-order valence-electron chi connectivity index (χ2n) is 10.2. The van der Waals surface area contributed by atoms with Gasteiger partial charge in [0.05, 0.1) is 12.6 Å². The highest BCUT2D eigenvalue weighted by molar-refractivity contribution is 5.89. The molecular weight excluding hydrogens is 548 g/mol. The molecule has 0 atom stereocenters. The number of rotatable bonds is 13. The van der Waals surface area contributed by atoms with E-state index in [1.54, 1.807) is 0 Å². The molecule has 11 nitrogen and oxygen atoms in total. The van der Waals surface area contributed by atoms with Gasteiger partial charge in [0.15, 0.2) is 5.65 Å². The molecule has 1 fully saturated rings. The third kappa shape index (κ3) is 10.3. The van der Waals surface area contributed by atoms with Gasteiger partial charge in [0.25, 0.3) is 0 Å². The molecule has 2 aromatic heterocycles. The van der Waals surface area contributed by atoms with E-state index in [0.717, 1.165) is 38.2 Å². The maximum Gasteiger partial charge on any atom is 0.328 e. The summed E-state index contributed by atoms with van der Waals surface area (Å²) in [5.74, 6) is -1.91. The number of benzene rings is 2. The lowest BCUT2D eigenvalue weighted by Gasteiger charge is -2.39. The highest BCUT2D eigenvalue weighted by Crippen LogP contribution is 2.29. The number of nitrogens with zero attached hydrogens (tertiary/aromatic N) is 6. The Hall–Kier alpha value is -4.61. The lowest BCUT2D eigenvalue weighted by atomic mass is 9.96. The number of aliphatic carboxylic acids is 2. The van der Waals surface area contributed by atoms with Crippen molar-refractivity contribution in [3.63, 3.8) is 0 Å². The molecule has 5 rings (SSSR count). The van der Waals surface area contributed by atoms with Crippen LogP contribution in [0, 0.1) is 0 Å². The molecule has 43 heavy (non-hydrogen) atoms. The van der Waals surface area contributed by atoms with Crippen molar-refractivity contribution in [1.29, 1.82) is 0 Å². The van der Waals surface area contributed by atoms with Crippen LogP contribution in [0.1, 0.15) is 42.9 Å². The van der Waals surface area contributed by atoms with Crippen molar-refractivity contribution < 1.29 is 24.5 Å². The van der Waals surface area contributed by atoms with Crippen LogP contribution in [-0.4, -0.2) is 91.1 Å². The van der Waals surface area contributed by atoms with Crippen molar-refractivity contribution in [2.45, 2.75) is 31.7 Å². The van der Waals surface area contributed by atoms with Crippen LogP contribution in [0.2, 0.25) is 0 Å². The van der Waals surface area contributed by atoms with Gasteiger partial charge in [0, 0.05) is 44.4 Å². The minimum absolute atomic E-state index is 0.333. The second kappa shape index (κ2) is 16.7. The molecule has 11 heteroatoms. The van der Waals surface area contributed by atoms with E-state index in [1.807, 2.05) is 12.1 Å². The SMILES string of the molecule is O=C(O)C=CC(=O)O.c1ccc(C(c2ccccc2)N2CCN(CCCCCCOc3ccc4ncnn4n3)CC2)cc1. The van der Waals surface area contributed by atoms with E-state index in [0.29, 0.717) is 30.7 Å². The number of piperazine rings is 1. The van der Waals surface area contributed by atoms with Crippen LogP contribution < -0.4 is 4.74 Å². The van der Waals surface area contributed by atoms with Crippen LogP contribution in [0.15, 0.2) is 91.3 Å². The summed E-state index contributed by atoms with van der Waals surface area (Å²) in [7, 11) is 0. The largest absolute Gasteiger partial charge is 0.478 e. The van der Waals surface area contributed by atoms with Gasteiger partial charge in [-0.1, -0.05) is 73.5 Å². The average molecular weight is 587 g/mol. The number of aromatic nitrogens is 4. The summed E-state index contributed by atoms with van der Waals surface area (Å²) in [5, 5.41) is 24.0. The third-order valence-electron chi connectivity index (χ3n) is 7.11. The smallest absolute Gasteiger partial charge is 0.328 e. The predicted molar refractivity (Wildman–Crippen MR) is 162 cm³/mol. The Morgan fingerprint density at radius 1 is 0.791 bits per heavy atom. The molecule has 0 amide bonds. The Morgan fingerprint density at radius 3 is 2.00 bits per heavy atom. The molecule has 2 aromatic carbocycles. The van der Waals surface area contributed by atoms with E-state index in [1.165, 1.54) is 47.9 Å². The number of ether oxygens (including phenoxy) is 1. The number of hydrogen-bond donors (Lipinski definition) is 2. The van der Waals surface area contributed by atoms with E-state index in [2.05, 4.69) is 85.6 Å². The Balaban J connectivity index is 0.000000467. The Bertz CT molecular complexity index is 1380. The first-order valence-electron chi connectivity index (χ1n) is 14.5. The zero-order chi connectivity index (χ0) is 30.3. The fourth-order valence-corrected chi connectivity index (χ4v) is 5.02. The fourth-order valence-electron chi connectivity index (χ4n) is 5.02. The molecule has 2 N–H and O–H groups in total. The molecule has 0 saturated carbocycles. The molecule has 0 aliphatic carbocycles. The maximum absolute atomic E-state index is 9.55. The minimum Gasteiger partial charge on any atom is -0.478 e. The zero-order valence-electron chi connectivity index (χ0n) is 24.1. The van der Waals surface area contributed by atoms with Crippen LogP contribution in [0.25, 0.3) is 5.65 Å². The van der Waals surface area contributed by atoms with E-state index in [4.69, 9.17) is 14.9 Å². The van der Waals surface area contributed by atoms with Gasteiger partial charge >= 0.3 is 11.9 Å². The van der Waals surface area contributed by atoms with Crippen LogP contribution in [0.5, 0.6) is 5.88 Å². The monoisotopic (exact) mass is 586 g/mol. The van der Waals surface area contributed by atoms with Crippen LogP contribution in [0.3, 0.4) is 0 Å². The summed E-state index contributed by atoms with van der Waals surface area (Å²) in [5.41, 5.74) is 3.49. The predicted octanol–water partition coefficient (Wildman–Crippen LogP) is 4.18. The van der Waals surface area contributed by atoms with Gasteiger partial charge < -0.3 is 19.8 Å². The van der Waals surface area contributed by atoms with Gasteiger partial charge in [0.2, 0.25) is 5.88 Å². The average Bonchev–Trinajstić information content (AvgIpc) is 3.50. The summed E-state index contributed by atoms with van der Waals surface area (Å²) in [6, 6.07) is 25.9. The zero-order valence-corrected chi connectivity index (χ0v) is 24.1. The van der Waals surface area contributed by atoms with Gasteiger partial charge in [-0.2, -0.15) is 0 Å². The molecule has 0 unspecified atom stereocenters. The molecule has 1 aliphatic heterocycles. The number of unbranched alkanes of at least 4 members (excludes halogenated alkanes) is 3. The Morgan fingerprint density at radius 2 is 1.40 bits per heavy atom.